The van der Waals surface area contributed by atoms with Gasteiger partial charge >= 0.3 is 0 Å². The number of nitrogens with zero attached hydrogens (tertiary/aromatic N) is 1. The van der Waals surface area contributed by atoms with Crippen LogP contribution < -0.4 is 0 Å². The fourth-order valence-corrected chi connectivity index (χ4v) is 5.09. The van der Waals surface area contributed by atoms with E-state index in [9.17, 15) is 4.79 Å². The molecule has 0 aromatic carbocycles. The molecule has 0 N–H and O–H groups in total. The molecule has 1 aliphatic heterocycles. The molecule has 0 aliphatic carbocycles. The summed E-state index contributed by atoms with van der Waals surface area (Å²) < 4.78 is 7.53. The third kappa shape index (κ3) is 3.63. The molecule has 100 valence electrons. The van der Waals surface area contributed by atoms with Crippen LogP contribution in [0.2, 0.25) is 0 Å². The van der Waals surface area contributed by atoms with Crippen LogP contribution in [0.25, 0.3) is 0 Å². The topological polar surface area (TPSA) is 29.5 Å². The quantitative estimate of drug-likeness (QED) is 0.731. The van der Waals surface area contributed by atoms with E-state index in [0.29, 0.717) is 6.54 Å². The highest BCUT2D eigenvalue weighted by Gasteiger charge is 2.25. The molecule has 18 heavy (non-hydrogen) atoms. The van der Waals surface area contributed by atoms with E-state index in [1.54, 1.807) is 0 Å². The molecule has 0 spiro atoms. The van der Waals surface area contributed by atoms with E-state index in [2.05, 4.69) is 36.8 Å². The van der Waals surface area contributed by atoms with Gasteiger partial charge in [0.25, 0.3) is 0 Å². The molecular formula is C12H15Br2NO2S. The van der Waals surface area contributed by atoms with Crippen molar-refractivity contribution in [1.82, 2.24) is 4.90 Å². The van der Waals surface area contributed by atoms with Gasteiger partial charge in [-0.1, -0.05) is 0 Å². The molecule has 1 aliphatic rings. The Labute approximate surface area is 128 Å². The van der Waals surface area contributed by atoms with Crippen LogP contribution in [0.15, 0.2) is 13.6 Å². The van der Waals surface area contributed by atoms with Crippen LogP contribution in [-0.4, -0.2) is 42.5 Å². The first-order valence-electron chi connectivity index (χ1n) is 5.81. The Kier molecular flexibility index (Phi) is 4.99. The zero-order chi connectivity index (χ0) is 13.3. The molecule has 6 heteroatoms. The van der Waals surface area contributed by atoms with Crippen molar-refractivity contribution in [3.05, 3.63) is 19.2 Å². The minimum absolute atomic E-state index is 0.158. The number of morpholine rings is 1. The number of ketones is 1. The zero-order valence-electron chi connectivity index (χ0n) is 10.3. The first-order chi connectivity index (χ1) is 8.45. The Balaban J connectivity index is 2.01. The summed E-state index contributed by atoms with van der Waals surface area (Å²) in [6, 6.07) is 1.88. The number of thiophene rings is 1. The first kappa shape index (κ1) is 14.7. The van der Waals surface area contributed by atoms with Crippen molar-refractivity contribution in [2.45, 2.75) is 26.1 Å². The number of carbonyl (C=O) groups excluding carboxylic acids is 1. The lowest BCUT2D eigenvalue weighted by atomic mass is 10.1. The highest BCUT2D eigenvalue weighted by molar-refractivity contribution is 9.12. The molecule has 1 aromatic heterocycles. The molecule has 3 nitrogen and oxygen atoms in total. The van der Waals surface area contributed by atoms with Gasteiger partial charge in [0.05, 0.1) is 26.3 Å². The van der Waals surface area contributed by atoms with Crippen molar-refractivity contribution < 1.29 is 9.53 Å². The van der Waals surface area contributed by atoms with Gasteiger partial charge in [-0.15, -0.1) is 11.3 Å². The number of hydrogen-bond acceptors (Lipinski definition) is 4. The number of Topliss-reactive ketones (excluding diaryl/α,β-unsaturated/α-hetero) is 1. The predicted molar refractivity (Wildman–Crippen MR) is 80.5 cm³/mol. The van der Waals surface area contributed by atoms with Crippen LogP contribution in [0.5, 0.6) is 0 Å². The summed E-state index contributed by atoms with van der Waals surface area (Å²) in [7, 11) is 0. The Morgan fingerprint density at radius 2 is 2.06 bits per heavy atom. The monoisotopic (exact) mass is 395 g/mol. The molecule has 0 radical (unpaired) electrons. The number of halogens is 2. The van der Waals surface area contributed by atoms with E-state index in [0.717, 1.165) is 26.2 Å². The number of hydrogen-bond donors (Lipinski definition) is 0. The van der Waals surface area contributed by atoms with Crippen LogP contribution in [-0.2, 0) is 4.74 Å². The Hall–Kier alpha value is 0.250. The summed E-state index contributed by atoms with van der Waals surface area (Å²) in [6.45, 7) is 6.19. The van der Waals surface area contributed by atoms with Gasteiger partial charge < -0.3 is 4.74 Å². The zero-order valence-corrected chi connectivity index (χ0v) is 14.3. The summed E-state index contributed by atoms with van der Waals surface area (Å²) in [4.78, 5) is 14.4. The van der Waals surface area contributed by atoms with Gasteiger partial charge in [-0.2, -0.15) is 0 Å². The van der Waals surface area contributed by atoms with Crippen molar-refractivity contribution in [2.75, 3.05) is 19.6 Å². The van der Waals surface area contributed by atoms with Gasteiger partial charge in [-0.25, -0.2) is 0 Å². The maximum absolute atomic E-state index is 12.2. The lowest BCUT2D eigenvalue weighted by Gasteiger charge is -2.34. The Bertz CT molecular complexity index is 439. The molecule has 1 saturated heterocycles. The summed E-state index contributed by atoms with van der Waals surface area (Å²) in [5, 5.41) is 0. The van der Waals surface area contributed by atoms with Gasteiger partial charge in [0.1, 0.15) is 0 Å². The molecule has 2 rings (SSSR count). The summed E-state index contributed by atoms with van der Waals surface area (Å²) in [5.41, 5.74) is 0.763. The average Bonchev–Trinajstić information content (AvgIpc) is 2.56. The molecule has 0 amide bonds. The average molecular weight is 397 g/mol. The fourth-order valence-electron chi connectivity index (χ4n) is 2.23. The van der Waals surface area contributed by atoms with Gasteiger partial charge in [-0.05, 0) is 51.8 Å². The number of carbonyl (C=O) groups is 1. The summed E-state index contributed by atoms with van der Waals surface area (Å²) in [6.07, 6.45) is 0.387. The van der Waals surface area contributed by atoms with Crippen molar-refractivity contribution in [3.63, 3.8) is 0 Å². The molecule has 2 atom stereocenters. The van der Waals surface area contributed by atoms with E-state index in [-0.39, 0.29) is 18.0 Å². The van der Waals surface area contributed by atoms with Crippen molar-refractivity contribution in [3.8, 4) is 0 Å². The van der Waals surface area contributed by atoms with Crippen molar-refractivity contribution >= 4 is 49.0 Å². The highest BCUT2D eigenvalue weighted by atomic mass is 79.9. The lowest BCUT2D eigenvalue weighted by molar-refractivity contribution is -0.0652. The molecule has 2 unspecified atom stereocenters. The van der Waals surface area contributed by atoms with Crippen LogP contribution >= 0.6 is 43.2 Å². The maximum atomic E-state index is 12.2. The fraction of sp³-hybridized carbons (Fsp3) is 0.583. The maximum Gasteiger partial charge on any atom is 0.178 e. The smallest absolute Gasteiger partial charge is 0.178 e. The minimum atomic E-state index is 0.158. The summed E-state index contributed by atoms with van der Waals surface area (Å²) >= 11 is 8.36. The van der Waals surface area contributed by atoms with Crippen LogP contribution in [0.4, 0.5) is 0 Å². The number of ether oxygens (including phenoxy) is 1. The standard InChI is InChI=1S/C12H15Br2NO2S/c1-7-4-15(5-8(2)17-7)6-10(16)9-3-11(13)18-12(9)14/h3,7-8H,4-6H2,1-2H3. The van der Waals surface area contributed by atoms with Crippen LogP contribution in [0, 0.1) is 0 Å². The first-order valence-corrected chi connectivity index (χ1v) is 8.22. The second-order valence-corrected chi connectivity index (χ2v) is 8.36. The third-order valence-electron chi connectivity index (χ3n) is 2.82. The van der Waals surface area contributed by atoms with E-state index in [4.69, 9.17) is 4.74 Å². The van der Waals surface area contributed by atoms with Crippen molar-refractivity contribution in [1.29, 1.82) is 0 Å². The van der Waals surface area contributed by atoms with Gasteiger partial charge in [-0.3, -0.25) is 9.69 Å². The van der Waals surface area contributed by atoms with E-state index < -0.39 is 0 Å². The second-order valence-electron chi connectivity index (χ2n) is 4.61. The van der Waals surface area contributed by atoms with Crippen molar-refractivity contribution in [2.24, 2.45) is 0 Å². The minimum Gasteiger partial charge on any atom is -0.373 e. The van der Waals surface area contributed by atoms with Crippen LogP contribution in [0.3, 0.4) is 0 Å². The van der Waals surface area contributed by atoms with Gasteiger partial charge in [0.2, 0.25) is 0 Å². The van der Waals surface area contributed by atoms with Gasteiger partial charge in [0.15, 0.2) is 5.78 Å². The molecular weight excluding hydrogens is 382 g/mol. The molecule has 0 bridgehead atoms. The summed E-state index contributed by atoms with van der Waals surface area (Å²) in [5.74, 6) is 0.158. The van der Waals surface area contributed by atoms with Crippen LogP contribution in [0.1, 0.15) is 24.2 Å². The van der Waals surface area contributed by atoms with Gasteiger partial charge in [0, 0.05) is 18.7 Å². The van der Waals surface area contributed by atoms with E-state index in [1.165, 1.54) is 11.3 Å². The SMILES string of the molecule is CC1CN(CC(=O)c2cc(Br)sc2Br)CC(C)O1. The lowest BCUT2D eigenvalue weighted by Crippen LogP contribution is -2.47. The molecule has 2 heterocycles. The predicted octanol–water partition coefficient (Wildman–Crippen LogP) is 3.57. The molecule has 1 aromatic rings. The largest absolute Gasteiger partial charge is 0.373 e. The Morgan fingerprint density at radius 3 is 2.56 bits per heavy atom. The normalized spacial score (nSPS) is 25.3. The second kappa shape index (κ2) is 6.13. The Morgan fingerprint density at radius 1 is 1.44 bits per heavy atom. The van der Waals surface area contributed by atoms with E-state index >= 15 is 0 Å². The third-order valence-corrected chi connectivity index (χ3v) is 5.16. The highest BCUT2D eigenvalue weighted by Crippen LogP contribution is 2.32. The molecule has 1 fully saturated rings. The number of rotatable bonds is 3. The molecule has 0 saturated carbocycles. The van der Waals surface area contributed by atoms with E-state index in [1.807, 2.05) is 19.9 Å².